The highest BCUT2D eigenvalue weighted by Gasteiger charge is 2.08. The summed E-state index contributed by atoms with van der Waals surface area (Å²) in [4.78, 5) is 11.7. The molecule has 0 saturated carbocycles. The number of carbonyl (C=O) groups is 1. The van der Waals surface area contributed by atoms with Crippen molar-refractivity contribution >= 4 is 27.6 Å². The Kier molecular flexibility index (Phi) is 8.94. The molecule has 1 aromatic carbocycles. The van der Waals surface area contributed by atoms with Crippen LogP contribution < -0.4 is 10.9 Å². The van der Waals surface area contributed by atoms with Crippen molar-refractivity contribution in [1.82, 2.24) is 5.43 Å². The molecule has 0 heterocycles. The number of nitrogens with one attached hydrogen (secondary N) is 2. The second kappa shape index (κ2) is 10.7. The molecule has 0 aromatic heterocycles. The summed E-state index contributed by atoms with van der Waals surface area (Å²) < 4.78 is 6.00. The van der Waals surface area contributed by atoms with E-state index in [0.29, 0.717) is 6.61 Å². The van der Waals surface area contributed by atoms with E-state index in [2.05, 4.69) is 40.3 Å². The Morgan fingerprint density at radius 2 is 2.04 bits per heavy atom. The van der Waals surface area contributed by atoms with Crippen LogP contribution in [0.4, 0.5) is 5.69 Å². The Bertz CT molecular complexity index is 636. The quantitative estimate of drug-likeness (QED) is 0.358. The number of anilines is 1. The van der Waals surface area contributed by atoms with Crippen LogP contribution in [-0.2, 0) is 16.0 Å². The van der Waals surface area contributed by atoms with Crippen LogP contribution in [0.5, 0.6) is 0 Å². The number of esters is 1. The lowest BCUT2D eigenvalue weighted by Gasteiger charge is -2.13. The molecule has 1 rings (SSSR count). The lowest BCUT2D eigenvalue weighted by atomic mass is 10.1. The van der Waals surface area contributed by atoms with Crippen LogP contribution in [0.3, 0.4) is 0 Å². The Hall–Kier alpha value is -2.01. The van der Waals surface area contributed by atoms with Crippen LogP contribution in [0.1, 0.15) is 32.8 Å². The van der Waals surface area contributed by atoms with E-state index in [-0.39, 0.29) is 12.4 Å². The van der Waals surface area contributed by atoms with E-state index in [1.165, 1.54) is 5.57 Å². The predicted octanol–water partition coefficient (Wildman–Crippen LogP) is 4.86. The maximum atomic E-state index is 11.7. The Morgan fingerprint density at radius 1 is 1.33 bits per heavy atom. The van der Waals surface area contributed by atoms with Crippen molar-refractivity contribution in [2.45, 2.75) is 33.6 Å². The number of allylic oxidation sites excluding steroid dienone is 4. The predicted molar refractivity (Wildman–Crippen MR) is 104 cm³/mol. The van der Waals surface area contributed by atoms with Crippen molar-refractivity contribution < 1.29 is 9.53 Å². The SMILES string of the molecule is C=C/C(Br)=C(CC)/C(C)=C\NNc1ccccc1CC(=O)OCC. The summed E-state index contributed by atoms with van der Waals surface area (Å²) >= 11 is 3.52. The largest absolute Gasteiger partial charge is 0.466 e. The molecule has 0 fully saturated rings. The highest BCUT2D eigenvalue weighted by Crippen LogP contribution is 2.23. The lowest BCUT2D eigenvalue weighted by Crippen LogP contribution is -2.18. The number of hydrazine groups is 1. The van der Waals surface area contributed by atoms with E-state index in [9.17, 15) is 4.79 Å². The van der Waals surface area contributed by atoms with Crippen LogP contribution in [0, 0.1) is 0 Å². The normalized spacial score (nSPS) is 12.2. The number of benzene rings is 1. The third kappa shape index (κ3) is 6.24. The van der Waals surface area contributed by atoms with Gasteiger partial charge < -0.3 is 15.6 Å². The van der Waals surface area contributed by atoms with E-state index in [1.807, 2.05) is 37.4 Å². The van der Waals surface area contributed by atoms with Gasteiger partial charge in [0.25, 0.3) is 0 Å². The summed E-state index contributed by atoms with van der Waals surface area (Å²) in [6.45, 7) is 10.1. The van der Waals surface area contributed by atoms with Crippen molar-refractivity contribution in [3.05, 3.63) is 64.3 Å². The Labute approximate surface area is 152 Å². The molecule has 4 nitrogen and oxygen atoms in total. The average Bonchev–Trinajstić information content (AvgIpc) is 2.57. The fourth-order valence-corrected chi connectivity index (χ4v) is 2.83. The first kappa shape index (κ1) is 20.0. The minimum atomic E-state index is -0.232. The lowest BCUT2D eigenvalue weighted by molar-refractivity contribution is -0.142. The second-order valence-electron chi connectivity index (χ2n) is 5.12. The van der Waals surface area contributed by atoms with E-state index in [0.717, 1.165) is 27.7 Å². The molecular weight excluding hydrogens is 368 g/mol. The van der Waals surface area contributed by atoms with Gasteiger partial charge in [-0.1, -0.05) is 53.7 Å². The highest BCUT2D eigenvalue weighted by atomic mass is 79.9. The van der Waals surface area contributed by atoms with Crippen LogP contribution in [-0.4, -0.2) is 12.6 Å². The fraction of sp³-hybridized carbons (Fsp3) is 0.316. The van der Waals surface area contributed by atoms with Gasteiger partial charge >= 0.3 is 5.97 Å². The molecule has 0 aliphatic rings. The van der Waals surface area contributed by atoms with Crippen LogP contribution >= 0.6 is 15.9 Å². The number of carbonyl (C=O) groups excluding carboxylic acids is 1. The number of para-hydroxylation sites is 1. The molecule has 0 bridgehead atoms. The zero-order valence-corrected chi connectivity index (χ0v) is 16.1. The maximum Gasteiger partial charge on any atom is 0.310 e. The van der Waals surface area contributed by atoms with Gasteiger partial charge in [0.1, 0.15) is 0 Å². The van der Waals surface area contributed by atoms with Crippen molar-refractivity contribution in [2.75, 3.05) is 12.0 Å². The van der Waals surface area contributed by atoms with Crippen molar-refractivity contribution in [3.8, 4) is 0 Å². The second-order valence-corrected chi connectivity index (χ2v) is 5.97. The minimum absolute atomic E-state index is 0.232. The van der Waals surface area contributed by atoms with Gasteiger partial charge in [0.2, 0.25) is 0 Å². The molecule has 24 heavy (non-hydrogen) atoms. The van der Waals surface area contributed by atoms with Crippen molar-refractivity contribution in [1.29, 1.82) is 0 Å². The van der Waals surface area contributed by atoms with E-state index < -0.39 is 0 Å². The smallest absolute Gasteiger partial charge is 0.310 e. The van der Waals surface area contributed by atoms with Gasteiger partial charge in [-0.2, -0.15) is 0 Å². The van der Waals surface area contributed by atoms with Gasteiger partial charge in [-0.3, -0.25) is 4.79 Å². The molecule has 0 aliphatic carbocycles. The topological polar surface area (TPSA) is 50.4 Å². The van der Waals surface area contributed by atoms with Crippen LogP contribution in [0.2, 0.25) is 0 Å². The number of rotatable bonds is 9. The van der Waals surface area contributed by atoms with Gasteiger partial charge in [0.05, 0.1) is 18.7 Å². The molecule has 5 heteroatoms. The van der Waals surface area contributed by atoms with Crippen molar-refractivity contribution in [3.63, 3.8) is 0 Å². The molecule has 2 N–H and O–H groups in total. The molecule has 0 spiro atoms. The molecule has 0 unspecified atom stereocenters. The third-order valence-electron chi connectivity index (χ3n) is 3.45. The molecule has 0 saturated heterocycles. The summed E-state index contributed by atoms with van der Waals surface area (Å²) in [5.74, 6) is -0.232. The van der Waals surface area contributed by atoms with Gasteiger partial charge in [0.15, 0.2) is 0 Å². The molecular formula is C19H25BrN2O2. The van der Waals surface area contributed by atoms with Crippen molar-refractivity contribution in [2.24, 2.45) is 0 Å². The van der Waals surface area contributed by atoms with E-state index in [4.69, 9.17) is 4.74 Å². The maximum absolute atomic E-state index is 11.7. The number of ether oxygens (including phenoxy) is 1. The first-order valence-electron chi connectivity index (χ1n) is 7.96. The van der Waals surface area contributed by atoms with Gasteiger partial charge in [-0.05, 0) is 43.0 Å². The van der Waals surface area contributed by atoms with Gasteiger partial charge in [0, 0.05) is 10.7 Å². The summed E-state index contributed by atoms with van der Waals surface area (Å²) in [5, 5.41) is 0. The summed E-state index contributed by atoms with van der Waals surface area (Å²) in [7, 11) is 0. The standard InChI is InChI=1S/C19H25BrN2O2/c1-5-16(17(20)6-2)14(4)13-21-22-18-11-9-8-10-15(18)12-19(23)24-7-3/h6,8-11,13,21-22H,2,5,7,12H2,1,3-4H3/b14-13-,17-16-. The summed E-state index contributed by atoms with van der Waals surface area (Å²) in [6.07, 6.45) is 4.82. The first-order chi connectivity index (χ1) is 11.5. The van der Waals surface area contributed by atoms with Gasteiger partial charge in [-0.15, -0.1) is 0 Å². The molecule has 0 amide bonds. The molecule has 130 valence electrons. The minimum Gasteiger partial charge on any atom is -0.466 e. The summed E-state index contributed by atoms with van der Waals surface area (Å²) in [6, 6.07) is 7.64. The van der Waals surface area contributed by atoms with E-state index >= 15 is 0 Å². The average molecular weight is 393 g/mol. The summed E-state index contributed by atoms with van der Waals surface area (Å²) in [5.41, 5.74) is 10.2. The molecule has 0 radical (unpaired) electrons. The third-order valence-corrected chi connectivity index (χ3v) is 4.25. The number of hydrogen-bond donors (Lipinski definition) is 2. The van der Waals surface area contributed by atoms with Crippen LogP contribution in [0.15, 0.2) is 58.7 Å². The molecule has 1 aromatic rings. The number of hydrogen-bond acceptors (Lipinski definition) is 4. The zero-order valence-electron chi connectivity index (χ0n) is 14.5. The Balaban J connectivity index is 2.79. The monoisotopic (exact) mass is 392 g/mol. The zero-order chi connectivity index (χ0) is 17.9. The molecule has 0 aliphatic heterocycles. The van der Waals surface area contributed by atoms with E-state index in [1.54, 1.807) is 13.0 Å². The Morgan fingerprint density at radius 3 is 2.67 bits per heavy atom. The highest BCUT2D eigenvalue weighted by molar-refractivity contribution is 9.11. The fourth-order valence-electron chi connectivity index (χ4n) is 2.23. The number of halogens is 1. The molecule has 0 atom stereocenters. The van der Waals surface area contributed by atoms with Crippen LogP contribution in [0.25, 0.3) is 0 Å². The first-order valence-corrected chi connectivity index (χ1v) is 8.76. The van der Waals surface area contributed by atoms with Gasteiger partial charge in [-0.25, -0.2) is 0 Å².